The van der Waals surface area contributed by atoms with Crippen LogP contribution in [0.5, 0.6) is 0 Å². The minimum atomic E-state index is 0.0370. The molecule has 0 aliphatic carbocycles. The Bertz CT molecular complexity index is 673. The maximum Gasteiger partial charge on any atom is 0.270 e. The molecule has 1 amide bonds. The molecule has 1 atom stereocenters. The highest BCUT2D eigenvalue weighted by Crippen LogP contribution is 2.19. The number of amides is 1. The van der Waals surface area contributed by atoms with Gasteiger partial charge in [0.05, 0.1) is 10.7 Å². The van der Waals surface area contributed by atoms with Crippen LogP contribution in [-0.2, 0) is 6.54 Å². The molecular formula is C18H23ClN4O. The van der Waals surface area contributed by atoms with Crippen LogP contribution in [0.3, 0.4) is 0 Å². The molecule has 128 valence electrons. The Labute approximate surface area is 147 Å². The lowest BCUT2D eigenvalue weighted by atomic mass is 10.1. The molecule has 3 rings (SSSR count). The number of hydrogen-bond donors (Lipinski definition) is 1. The molecule has 1 aliphatic rings. The van der Waals surface area contributed by atoms with E-state index in [2.05, 4.69) is 28.0 Å². The van der Waals surface area contributed by atoms with Gasteiger partial charge in [0.15, 0.2) is 0 Å². The minimum Gasteiger partial charge on any atom is -0.356 e. The summed E-state index contributed by atoms with van der Waals surface area (Å²) in [7, 11) is 2.14. The van der Waals surface area contributed by atoms with Gasteiger partial charge < -0.3 is 9.88 Å². The van der Waals surface area contributed by atoms with Crippen LogP contribution >= 0.6 is 11.6 Å². The molecule has 0 saturated carbocycles. The van der Waals surface area contributed by atoms with Crippen molar-refractivity contribution in [1.29, 1.82) is 0 Å². The molecular weight excluding hydrogens is 324 g/mol. The zero-order chi connectivity index (χ0) is 16.9. The van der Waals surface area contributed by atoms with Crippen molar-refractivity contribution in [1.82, 2.24) is 19.8 Å². The van der Waals surface area contributed by atoms with Crippen LogP contribution in [-0.4, -0.2) is 51.9 Å². The summed E-state index contributed by atoms with van der Waals surface area (Å²) in [6, 6.07) is 8.17. The second-order valence-electron chi connectivity index (χ2n) is 6.34. The molecule has 2 aromatic rings. The normalized spacial score (nSPS) is 18.6. The third kappa shape index (κ3) is 4.16. The number of halogens is 1. The quantitative estimate of drug-likeness (QED) is 0.925. The standard InChI is InChI=1S/C18H23ClN4O/c1-22(13-15-5-2-3-8-20-15)16-6-4-9-23(10-7-16)18(24)17-11-14(19)12-21-17/h2-3,5,8,11-12,16,21H,4,6-7,9-10,13H2,1H3/t16-/m1/s1. The van der Waals surface area contributed by atoms with Gasteiger partial charge >= 0.3 is 0 Å². The van der Waals surface area contributed by atoms with Gasteiger partial charge in [0.2, 0.25) is 0 Å². The molecule has 1 aliphatic heterocycles. The summed E-state index contributed by atoms with van der Waals surface area (Å²) in [6.45, 7) is 2.40. The van der Waals surface area contributed by atoms with Crippen molar-refractivity contribution >= 4 is 17.5 Å². The van der Waals surface area contributed by atoms with Crippen molar-refractivity contribution in [3.8, 4) is 0 Å². The van der Waals surface area contributed by atoms with Crippen LogP contribution < -0.4 is 0 Å². The van der Waals surface area contributed by atoms with Gasteiger partial charge in [-0.15, -0.1) is 0 Å². The average molecular weight is 347 g/mol. The number of rotatable bonds is 4. The van der Waals surface area contributed by atoms with Gasteiger partial charge in [0, 0.05) is 38.1 Å². The molecule has 1 N–H and O–H groups in total. The second kappa shape index (κ2) is 7.81. The maximum absolute atomic E-state index is 12.5. The first-order valence-electron chi connectivity index (χ1n) is 8.37. The van der Waals surface area contributed by atoms with E-state index in [-0.39, 0.29) is 5.91 Å². The predicted molar refractivity (Wildman–Crippen MR) is 95.0 cm³/mol. The van der Waals surface area contributed by atoms with E-state index in [1.165, 1.54) is 0 Å². The highest BCUT2D eigenvalue weighted by atomic mass is 35.5. The van der Waals surface area contributed by atoms with Crippen LogP contribution in [0.15, 0.2) is 36.7 Å². The molecule has 0 radical (unpaired) electrons. The van der Waals surface area contributed by atoms with E-state index in [1.807, 2.05) is 23.2 Å². The van der Waals surface area contributed by atoms with Crippen molar-refractivity contribution in [2.45, 2.75) is 31.8 Å². The number of carbonyl (C=O) groups excluding carboxylic acids is 1. The van der Waals surface area contributed by atoms with Gasteiger partial charge in [-0.05, 0) is 44.5 Å². The molecule has 0 unspecified atom stereocenters. The van der Waals surface area contributed by atoms with Crippen molar-refractivity contribution < 1.29 is 4.79 Å². The first-order valence-corrected chi connectivity index (χ1v) is 8.74. The number of nitrogens with zero attached hydrogens (tertiary/aromatic N) is 3. The fourth-order valence-electron chi connectivity index (χ4n) is 3.26. The van der Waals surface area contributed by atoms with E-state index < -0.39 is 0 Å². The van der Waals surface area contributed by atoms with Crippen LogP contribution in [0, 0.1) is 0 Å². The van der Waals surface area contributed by atoms with E-state index in [9.17, 15) is 4.79 Å². The molecule has 24 heavy (non-hydrogen) atoms. The predicted octanol–water partition coefficient (Wildman–Crippen LogP) is 3.19. The van der Waals surface area contributed by atoms with Gasteiger partial charge in [-0.1, -0.05) is 17.7 Å². The van der Waals surface area contributed by atoms with Gasteiger partial charge in [-0.3, -0.25) is 14.7 Å². The van der Waals surface area contributed by atoms with Gasteiger partial charge in [0.1, 0.15) is 5.69 Å². The molecule has 0 bridgehead atoms. The first kappa shape index (κ1) is 17.0. The fraction of sp³-hybridized carbons (Fsp3) is 0.444. The monoisotopic (exact) mass is 346 g/mol. The van der Waals surface area contributed by atoms with Crippen molar-refractivity contribution in [3.63, 3.8) is 0 Å². The summed E-state index contributed by atoms with van der Waals surface area (Å²) in [6.07, 6.45) is 6.56. The summed E-state index contributed by atoms with van der Waals surface area (Å²) < 4.78 is 0. The molecule has 1 saturated heterocycles. The van der Waals surface area contributed by atoms with E-state index in [4.69, 9.17) is 11.6 Å². The number of H-pyrrole nitrogens is 1. The number of pyridine rings is 1. The Morgan fingerprint density at radius 1 is 1.42 bits per heavy atom. The highest BCUT2D eigenvalue weighted by molar-refractivity contribution is 6.30. The molecule has 0 aromatic carbocycles. The molecule has 1 fully saturated rings. The lowest BCUT2D eigenvalue weighted by molar-refractivity contribution is 0.0752. The van der Waals surface area contributed by atoms with Crippen molar-refractivity contribution in [2.75, 3.05) is 20.1 Å². The van der Waals surface area contributed by atoms with E-state index in [0.29, 0.717) is 16.8 Å². The van der Waals surface area contributed by atoms with Crippen LogP contribution in [0.2, 0.25) is 5.02 Å². The number of hydrogen-bond acceptors (Lipinski definition) is 3. The summed E-state index contributed by atoms with van der Waals surface area (Å²) in [5.74, 6) is 0.0370. The smallest absolute Gasteiger partial charge is 0.270 e. The zero-order valence-electron chi connectivity index (χ0n) is 13.9. The third-order valence-corrected chi connectivity index (χ3v) is 4.84. The Kier molecular flexibility index (Phi) is 5.53. The van der Waals surface area contributed by atoms with Gasteiger partial charge in [0.25, 0.3) is 5.91 Å². The first-order chi connectivity index (χ1) is 11.6. The average Bonchev–Trinajstić information content (AvgIpc) is 2.87. The molecule has 3 heterocycles. The van der Waals surface area contributed by atoms with Crippen LogP contribution in [0.4, 0.5) is 0 Å². The number of nitrogens with one attached hydrogen (secondary N) is 1. The van der Waals surface area contributed by atoms with Crippen molar-refractivity contribution in [3.05, 3.63) is 53.1 Å². The summed E-state index contributed by atoms with van der Waals surface area (Å²) >= 11 is 5.90. The summed E-state index contributed by atoms with van der Waals surface area (Å²) in [5, 5.41) is 0.571. The fourth-order valence-corrected chi connectivity index (χ4v) is 3.42. The van der Waals surface area contributed by atoms with Gasteiger partial charge in [-0.2, -0.15) is 0 Å². The highest BCUT2D eigenvalue weighted by Gasteiger charge is 2.24. The van der Waals surface area contributed by atoms with E-state index >= 15 is 0 Å². The Morgan fingerprint density at radius 3 is 3.00 bits per heavy atom. The largest absolute Gasteiger partial charge is 0.356 e. The lowest BCUT2D eigenvalue weighted by Gasteiger charge is -2.27. The van der Waals surface area contributed by atoms with Crippen LogP contribution in [0.1, 0.15) is 35.4 Å². The van der Waals surface area contributed by atoms with Crippen LogP contribution in [0.25, 0.3) is 0 Å². The Morgan fingerprint density at radius 2 is 2.29 bits per heavy atom. The Hall–Kier alpha value is -1.85. The number of carbonyl (C=O) groups is 1. The lowest BCUT2D eigenvalue weighted by Crippen LogP contribution is -2.35. The maximum atomic E-state index is 12.5. The SMILES string of the molecule is CN(Cc1ccccn1)[C@@H]1CCCN(C(=O)c2cc(Cl)c[nH]2)CC1. The summed E-state index contributed by atoms with van der Waals surface area (Å²) in [5.41, 5.74) is 1.65. The molecule has 5 nitrogen and oxygen atoms in total. The van der Waals surface area contributed by atoms with Gasteiger partial charge in [-0.25, -0.2) is 0 Å². The third-order valence-electron chi connectivity index (χ3n) is 4.62. The van der Waals surface area contributed by atoms with E-state index in [1.54, 1.807) is 12.3 Å². The number of aromatic amines is 1. The summed E-state index contributed by atoms with van der Waals surface area (Å²) in [4.78, 5) is 24.2. The zero-order valence-corrected chi connectivity index (χ0v) is 14.7. The number of aromatic nitrogens is 2. The Balaban J connectivity index is 1.57. The van der Waals surface area contributed by atoms with E-state index in [0.717, 1.165) is 44.6 Å². The molecule has 6 heteroatoms. The molecule has 2 aromatic heterocycles. The molecule has 0 spiro atoms. The number of likely N-dealkylation sites (tertiary alicyclic amines) is 1. The second-order valence-corrected chi connectivity index (χ2v) is 6.78. The van der Waals surface area contributed by atoms with Crippen molar-refractivity contribution in [2.24, 2.45) is 0 Å². The minimum absolute atomic E-state index is 0.0370. The topological polar surface area (TPSA) is 52.2 Å².